The maximum Gasteiger partial charge on any atom is 0.191 e. The number of carbonyl (C=O) groups excluding carboxylic acids is 1. The van der Waals surface area contributed by atoms with Gasteiger partial charge in [-0.1, -0.05) is 37.3 Å². The molecule has 0 aliphatic rings. The van der Waals surface area contributed by atoms with Crippen LogP contribution in [0.5, 0.6) is 0 Å². The molecular weight excluding hydrogens is 322 g/mol. The molecule has 0 saturated carbocycles. The van der Waals surface area contributed by atoms with Crippen LogP contribution in [0.15, 0.2) is 47.2 Å². The Hall–Kier alpha value is -1.53. The topological polar surface area (TPSA) is 58.6 Å². The van der Waals surface area contributed by atoms with Gasteiger partial charge in [0.1, 0.15) is 6.10 Å². The van der Waals surface area contributed by atoms with Crippen LogP contribution in [0.3, 0.4) is 0 Å². The van der Waals surface area contributed by atoms with E-state index in [0.717, 1.165) is 18.5 Å². The van der Waals surface area contributed by atoms with Crippen molar-refractivity contribution in [1.82, 2.24) is 5.32 Å². The van der Waals surface area contributed by atoms with Crippen molar-refractivity contribution in [3.8, 4) is 0 Å². The third kappa shape index (κ3) is 6.17. The number of thiophene rings is 1. The number of aliphatic hydroxyl groups is 1. The molecule has 0 amide bonds. The minimum atomic E-state index is -0.620. The summed E-state index contributed by atoms with van der Waals surface area (Å²) in [6.07, 6.45) is 0.334. The summed E-state index contributed by atoms with van der Waals surface area (Å²) >= 11 is 1.60. The molecule has 2 N–H and O–H groups in total. The fourth-order valence-corrected chi connectivity index (χ4v) is 3.05. The summed E-state index contributed by atoms with van der Waals surface area (Å²) in [7, 11) is 0. The molecule has 0 bridgehead atoms. The van der Waals surface area contributed by atoms with Gasteiger partial charge in [0.15, 0.2) is 5.78 Å². The Kier molecular flexibility index (Phi) is 8.12. The largest absolute Gasteiger partial charge is 0.389 e. The van der Waals surface area contributed by atoms with Crippen molar-refractivity contribution in [3.05, 3.63) is 58.3 Å². The number of nitrogens with one attached hydrogen (secondary N) is 1. The SMILES string of the molecule is CCCNCC(O)COC(Cc1ccsc1)C(=O)c1ccccc1. The molecule has 4 nitrogen and oxygen atoms in total. The molecule has 0 aliphatic carbocycles. The van der Waals surface area contributed by atoms with Gasteiger partial charge in [-0.15, -0.1) is 0 Å². The van der Waals surface area contributed by atoms with Crippen molar-refractivity contribution >= 4 is 17.1 Å². The maximum absolute atomic E-state index is 12.7. The number of aliphatic hydroxyl groups excluding tert-OH is 1. The lowest BCUT2D eigenvalue weighted by Crippen LogP contribution is -2.35. The van der Waals surface area contributed by atoms with Crippen molar-refractivity contribution < 1.29 is 14.6 Å². The third-order valence-corrected chi connectivity index (χ3v) is 4.38. The van der Waals surface area contributed by atoms with Crippen LogP contribution in [-0.4, -0.2) is 42.8 Å². The van der Waals surface area contributed by atoms with Gasteiger partial charge in [0.2, 0.25) is 0 Å². The lowest BCUT2D eigenvalue weighted by Gasteiger charge is -2.19. The number of carbonyl (C=O) groups is 1. The van der Waals surface area contributed by atoms with Crippen molar-refractivity contribution in [2.24, 2.45) is 0 Å². The summed E-state index contributed by atoms with van der Waals surface area (Å²) in [5, 5.41) is 17.2. The standard InChI is InChI=1S/C19H25NO3S/c1-2-9-20-12-17(21)13-23-18(11-15-8-10-24-14-15)19(22)16-6-4-3-5-7-16/h3-8,10,14,17-18,20-21H,2,9,11-13H2,1H3. The van der Waals surface area contributed by atoms with Crippen molar-refractivity contribution in [1.29, 1.82) is 0 Å². The van der Waals surface area contributed by atoms with Crippen molar-refractivity contribution in [2.75, 3.05) is 19.7 Å². The Morgan fingerprint density at radius 3 is 2.75 bits per heavy atom. The molecule has 0 spiro atoms. The number of hydrogen-bond acceptors (Lipinski definition) is 5. The number of rotatable bonds is 11. The molecule has 0 saturated heterocycles. The second kappa shape index (κ2) is 10.4. The van der Waals surface area contributed by atoms with E-state index in [1.54, 1.807) is 23.5 Å². The predicted molar refractivity (Wildman–Crippen MR) is 97.7 cm³/mol. The van der Waals surface area contributed by atoms with Crippen LogP contribution >= 0.6 is 11.3 Å². The lowest BCUT2D eigenvalue weighted by molar-refractivity contribution is -0.00159. The van der Waals surface area contributed by atoms with Gasteiger partial charge in [-0.3, -0.25) is 4.79 Å². The quantitative estimate of drug-likeness (QED) is 0.485. The number of benzene rings is 1. The van der Waals surface area contributed by atoms with Crippen LogP contribution in [0.25, 0.3) is 0 Å². The van der Waals surface area contributed by atoms with E-state index in [1.807, 2.05) is 35.0 Å². The molecule has 2 atom stereocenters. The molecule has 130 valence electrons. The summed E-state index contributed by atoms with van der Waals surface area (Å²) in [4.78, 5) is 12.7. The Morgan fingerprint density at radius 1 is 1.29 bits per heavy atom. The molecule has 1 aromatic heterocycles. The van der Waals surface area contributed by atoms with E-state index < -0.39 is 12.2 Å². The van der Waals surface area contributed by atoms with E-state index in [2.05, 4.69) is 12.2 Å². The fourth-order valence-electron chi connectivity index (χ4n) is 2.37. The predicted octanol–water partition coefficient (Wildman–Crippen LogP) is 2.92. The number of hydrogen-bond donors (Lipinski definition) is 2. The smallest absolute Gasteiger partial charge is 0.191 e. The van der Waals surface area contributed by atoms with E-state index in [-0.39, 0.29) is 12.4 Å². The molecule has 1 aromatic carbocycles. The van der Waals surface area contributed by atoms with Crippen LogP contribution in [0.2, 0.25) is 0 Å². The highest BCUT2D eigenvalue weighted by Crippen LogP contribution is 2.15. The van der Waals surface area contributed by atoms with Crippen LogP contribution in [0, 0.1) is 0 Å². The average molecular weight is 347 g/mol. The summed E-state index contributed by atoms with van der Waals surface area (Å²) in [6.45, 7) is 3.55. The molecule has 2 unspecified atom stereocenters. The van der Waals surface area contributed by atoms with E-state index >= 15 is 0 Å². The summed E-state index contributed by atoms with van der Waals surface area (Å²) in [5.41, 5.74) is 1.71. The van der Waals surface area contributed by atoms with Gasteiger partial charge in [0.25, 0.3) is 0 Å². The highest BCUT2D eigenvalue weighted by Gasteiger charge is 2.22. The molecule has 5 heteroatoms. The fraction of sp³-hybridized carbons (Fsp3) is 0.421. The van der Waals surface area contributed by atoms with E-state index in [1.165, 1.54) is 0 Å². The minimum Gasteiger partial charge on any atom is -0.389 e. The Bertz CT molecular complexity index is 586. The first-order chi connectivity index (χ1) is 11.7. The maximum atomic E-state index is 12.7. The summed E-state index contributed by atoms with van der Waals surface area (Å²) < 4.78 is 5.79. The second-order valence-corrected chi connectivity index (χ2v) is 6.53. The zero-order valence-corrected chi connectivity index (χ0v) is 14.8. The van der Waals surface area contributed by atoms with Gasteiger partial charge in [-0.2, -0.15) is 11.3 Å². The van der Waals surface area contributed by atoms with E-state index in [9.17, 15) is 9.90 Å². The van der Waals surface area contributed by atoms with Crippen LogP contribution in [0.4, 0.5) is 0 Å². The van der Waals surface area contributed by atoms with Gasteiger partial charge in [0.05, 0.1) is 12.7 Å². The number of Topliss-reactive ketones (excluding diaryl/α,β-unsaturated/α-hetero) is 1. The number of ether oxygens (including phenoxy) is 1. The molecule has 2 rings (SSSR count). The Balaban J connectivity index is 1.96. The highest BCUT2D eigenvalue weighted by atomic mass is 32.1. The van der Waals surface area contributed by atoms with Crippen LogP contribution < -0.4 is 5.32 Å². The summed E-state index contributed by atoms with van der Waals surface area (Å²) in [6, 6.07) is 11.2. The molecule has 2 aromatic rings. The van der Waals surface area contributed by atoms with Gasteiger partial charge >= 0.3 is 0 Å². The molecule has 0 radical (unpaired) electrons. The lowest BCUT2D eigenvalue weighted by atomic mass is 10.0. The second-order valence-electron chi connectivity index (χ2n) is 5.75. The van der Waals surface area contributed by atoms with Crippen molar-refractivity contribution in [3.63, 3.8) is 0 Å². The van der Waals surface area contributed by atoms with E-state index in [4.69, 9.17) is 4.74 Å². The first-order valence-electron chi connectivity index (χ1n) is 8.31. The van der Waals surface area contributed by atoms with Crippen molar-refractivity contribution in [2.45, 2.75) is 32.0 Å². The van der Waals surface area contributed by atoms with Gasteiger partial charge < -0.3 is 15.2 Å². The van der Waals surface area contributed by atoms with Gasteiger partial charge in [-0.25, -0.2) is 0 Å². The molecule has 24 heavy (non-hydrogen) atoms. The zero-order chi connectivity index (χ0) is 17.2. The first kappa shape index (κ1) is 18.8. The highest BCUT2D eigenvalue weighted by molar-refractivity contribution is 7.07. The Labute approximate surface area is 147 Å². The number of ketones is 1. The summed E-state index contributed by atoms with van der Waals surface area (Å²) in [5.74, 6) is -0.0458. The average Bonchev–Trinajstić information content (AvgIpc) is 3.12. The van der Waals surface area contributed by atoms with E-state index in [0.29, 0.717) is 18.5 Å². The molecule has 1 heterocycles. The van der Waals surface area contributed by atoms with Crippen LogP contribution in [0.1, 0.15) is 29.3 Å². The zero-order valence-electron chi connectivity index (χ0n) is 14.0. The third-order valence-electron chi connectivity index (χ3n) is 3.65. The Morgan fingerprint density at radius 2 is 2.08 bits per heavy atom. The molecule has 0 aliphatic heterocycles. The molecular formula is C19H25NO3S. The van der Waals surface area contributed by atoms with Crippen LogP contribution in [-0.2, 0) is 11.2 Å². The normalized spacial score (nSPS) is 13.6. The van der Waals surface area contributed by atoms with Gasteiger partial charge in [-0.05, 0) is 35.4 Å². The minimum absolute atomic E-state index is 0.0458. The molecule has 0 fully saturated rings. The monoisotopic (exact) mass is 347 g/mol. The van der Waals surface area contributed by atoms with Gasteiger partial charge in [0, 0.05) is 18.5 Å². The first-order valence-corrected chi connectivity index (χ1v) is 9.25.